The first-order chi connectivity index (χ1) is 12.9. The first-order valence-corrected chi connectivity index (χ1v) is 9.22. The number of hydrogen-bond donors (Lipinski definition) is 1. The fourth-order valence-electron chi connectivity index (χ4n) is 2.55. The van der Waals surface area contributed by atoms with Crippen LogP contribution in [-0.4, -0.2) is 56.0 Å². The van der Waals surface area contributed by atoms with E-state index in [-0.39, 0.29) is 17.8 Å². The zero-order valence-corrected chi connectivity index (χ0v) is 16.4. The molecule has 0 aliphatic rings. The monoisotopic (exact) mass is 378 g/mol. The number of rotatable bonds is 12. The van der Waals surface area contributed by atoms with E-state index in [0.717, 1.165) is 5.75 Å². The smallest absolute Gasteiger partial charge is 0.310 e. The molecule has 0 bridgehead atoms. The van der Waals surface area contributed by atoms with Gasteiger partial charge in [0.15, 0.2) is 0 Å². The molecule has 0 saturated heterocycles. The average Bonchev–Trinajstić information content (AvgIpc) is 2.67. The lowest BCUT2D eigenvalue weighted by molar-refractivity contribution is -0.146. The summed E-state index contributed by atoms with van der Waals surface area (Å²) in [7, 11) is 1.34. The number of amides is 2. The molecule has 0 aliphatic heterocycles. The SMILES string of the molecule is COC(=O)C(C)CN(CCCNC(C)=O)C(=O)CCCOc1ccccc1. The Hall–Kier alpha value is -2.57. The minimum atomic E-state index is -0.403. The predicted octanol–water partition coefficient (Wildman–Crippen LogP) is 2.01. The Balaban J connectivity index is 2.46. The number of carbonyl (C=O) groups excluding carboxylic acids is 3. The summed E-state index contributed by atoms with van der Waals surface area (Å²) in [6.45, 7) is 4.89. The Bertz CT molecular complexity index is 591. The van der Waals surface area contributed by atoms with Gasteiger partial charge in [-0.25, -0.2) is 0 Å². The van der Waals surface area contributed by atoms with Crippen LogP contribution in [0.1, 0.15) is 33.1 Å². The van der Waals surface area contributed by atoms with E-state index >= 15 is 0 Å². The summed E-state index contributed by atoms with van der Waals surface area (Å²) in [5.74, 6) is -0.113. The number of methoxy groups -OCH3 is 1. The maximum Gasteiger partial charge on any atom is 0.310 e. The lowest BCUT2D eigenvalue weighted by Crippen LogP contribution is -2.39. The topological polar surface area (TPSA) is 84.9 Å². The van der Waals surface area contributed by atoms with Crippen LogP contribution in [0.4, 0.5) is 0 Å². The molecule has 1 unspecified atom stereocenters. The fourth-order valence-corrected chi connectivity index (χ4v) is 2.55. The van der Waals surface area contributed by atoms with Gasteiger partial charge in [0.1, 0.15) is 5.75 Å². The second-order valence-electron chi connectivity index (χ2n) is 6.37. The van der Waals surface area contributed by atoms with Crippen molar-refractivity contribution < 1.29 is 23.9 Å². The largest absolute Gasteiger partial charge is 0.494 e. The van der Waals surface area contributed by atoms with Gasteiger partial charge >= 0.3 is 5.97 Å². The molecular weight excluding hydrogens is 348 g/mol. The molecule has 27 heavy (non-hydrogen) atoms. The number of esters is 1. The summed E-state index contributed by atoms with van der Waals surface area (Å²) in [5.41, 5.74) is 0. The van der Waals surface area contributed by atoms with Crippen molar-refractivity contribution in [2.75, 3.05) is 33.4 Å². The Kier molecular flexibility index (Phi) is 10.6. The van der Waals surface area contributed by atoms with Crippen molar-refractivity contribution in [1.82, 2.24) is 10.2 Å². The molecular formula is C20H30N2O5. The maximum atomic E-state index is 12.6. The van der Waals surface area contributed by atoms with Gasteiger partial charge in [0.2, 0.25) is 11.8 Å². The van der Waals surface area contributed by atoms with Crippen molar-refractivity contribution >= 4 is 17.8 Å². The van der Waals surface area contributed by atoms with E-state index < -0.39 is 5.92 Å². The average molecular weight is 378 g/mol. The zero-order chi connectivity index (χ0) is 20.1. The molecule has 0 radical (unpaired) electrons. The van der Waals surface area contributed by atoms with E-state index in [9.17, 15) is 14.4 Å². The standard InChI is InChI=1S/C20H30N2O5/c1-16(20(25)26-3)15-22(13-8-12-21-17(2)23)19(24)11-7-14-27-18-9-5-4-6-10-18/h4-6,9-10,16H,7-8,11-15H2,1-3H3,(H,21,23). The Morgan fingerprint density at radius 1 is 1.15 bits per heavy atom. The third-order valence-electron chi connectivity index (χ3n) is 3.98. The molecule has 7 heteroatoms. The van der Waals surface area contributed by atoms with Gasteiger partial charge in [-0.15, -0.1) is 0 Å². The fraction of sp³-hybridized carbons (Fsp3) is 0.550. The number of para-hydroxylation sites is 1. The summed E-state index contributed by atoms with van der Waals surface area (Å²) >= 11 is 0. The number of hydrogen-bond acceptors (Lipinski definition) is 5. The van der Waals surface area contributed by atoms with E-state index in [1.54, 1.807) is 11.8 Å². The first-order valence-electron chi connectivity index (χ1n) is 9.22. The molecule has 1 N–H and O–H groups in total. The van der Waals surface area contributed by atoms with Gasteiger partial charge in [0.25, 0.3) is 0 Å². The summed E-state index contributed by atoms with van der Waals surface area (Å²) in [4.78, 5) is 36.8. The first kappa shape index (κ1) is 22.5. The molecule has 0 spiro atoms. The third kappa shape index (κ3) is 9.63. The van der Waals surface area contributed by atoms with E-state index in [1.807, 2.05) is 30.3 Å². The van der Waals surface area contributed by atoms with E-state index in [4.69, 9.17) is 9.47 Å². The summed E-state index contributed by atoms with van der Waals surface area (Å²) in [6, 6.07) is 9.44. The Morgan fingerprint density at radius 3 is 2.48 bits per heavy atom. The lowest BCUT2D eigenvalue weighted by atomic mass is 10.1. The van der Waals surface area contributed by atoms with E-state index in [1.165, 1.54) is 14.0 Å². The van der Waals surface area contributed by atoms with Crippen LogP contribution in [0.15, 0.2) is 30.3 Å². The molecule has 1 atom stereocenters. The second kappa shape index (κ2) is 12.7. The Labute approximate surface area is 161 Å². The number of nitrogens with one attached hydrogen (secondary N) is 1. The summed E-state index contributed by atoms with van der Waals surface area (Å²) in [6.07, 6.45) is 1.54. The molecule has 0 fully saturated rings. The highest BCUT2D eigenvalue weighted by Gasteiger charge is 2.21. The molecule has 0 saturated carbocycles. The van der Waals surface area contributed by atoms with Crippen LogP contribution >= 0.6 is 0 Å². The van der Waals surface area contributed by atoms with Gasteiger partial charge in [-0.3, -0.25) is 14.4 Å². The van der Waals surface area contributed by atoms with Crippen LogP contribution in [0.3, 0.4) is 0 Å². The van der Waals surface area contributed by atoms with Crippen molar-refractivity contribution in [3.8, 4) is 5.75 Å². The predicted molar refractivity (Wildman–Crippen MR) is 102 cm³/mol. The number of ether oxygens (including phenoxy) is 2. The van der Waals surface area contributed by atoms with Crippen LogP contribution in [0, 0.1) is 5.92 Å². The number of benzene rings is 1. The molecule has 150 valence electrons. The van der Waals surface area contributed by atoms with Crippen molar-refractivity contribution in [2.45, 2.75) is 33.1 Å². The lowest BCUT2D eigenvalue weighted by Gasteiger charge is -2.25. The highest BCUT2D eigenvalue weighted by atomic mass is 16.5. The molecule has 2 amide bonds. The van der Waals surface area contributed by atoms with Crippen molar-refractivity contribution in [2.24, 2.45) is 5.92 Å². The van der Waals surface area contributed by atoms with Crippen LogP contribution in [-0.2, 0) is 19.1 Å². The minimum absolute atomic E-state index is 0.0368. The molecule has 1 aromatic rings. The van der Waals surface area contributed by atoms with Crippen LogP contribution < -0.4 is 10.1 Å². The van der Waals surface area contributed by atoms with Crippen molar-refractivity contribution in [3.05, 3.63) is 30.3 Å². The van der Waals surface area contributed by atoms with E-state index in [2.05, 4.69) is 5.32 Å². The van der Waals surface area contributed by atoms with Gasteiger partial charge in [0.05, 0.1) is 19.6 Å². The quantitative estimate of drug-likeness (QED) is 0.444. The second-order valence-corrected chi connectivity index (χ2v) is 6.37. The van der Waals surface area contributed by atoms with Gasteiger partial charge in [-0.2, -0.15) is 0 Å². The molecule has 0 aromatic heterocycles. The van der Waals surface area contributed by atoms with E-state index in [0.29, 0.717) is 45.5 Å². The summed E-state index contributed by atoms with van der Waals surface area (Å²) in [5, 5.41) is 2.71. The highest BCUT2D eigenvalue weighted by molar-refractivity contribution is 5.78. The maximum absolute atomic E-state index is 12.6. The minimum Gasteiger partial charge on any atom is -0.494 e. The molecule has 1 rings (SSSR count). The molecule has 7 nitrogen and oxygen atoms in total. The number of nitrogens with zero attached hydrogens (tertiary/aromatic N) is 1. The molecule has 0 heterocycles. The van der Waals surface area contributed by atoms with Crippen LogP contribution in [0.25, 0.3) is 0 Å². The van der Waals surface area contributed by atoms with Gasteiger partial charge in [-0.1, -0.05) is 25.1 Å². The van der Waals surface area contributed by atoms with Crippen LogP contribution in [0.5, 0.6) is 5.75 Å². The van der Waals surface area contributed by atoms with Crippen molar-refractivity contribution in [1.29, 1.82) is 0 Å². The molecule has 0 aliphatic carbocycles. The Morgan fingerprint density at radius 2 is 1.85 bits per heavy atom. The van der Waals surface area contributed by atoms with Gasteiger partial charge < -0.3 is 19.7 Å². The van der Waals surface area contributed by atoms with Gasteiger partial charge in [-0.05, 0) is 25.0 Å². The number of carbonyl (C=O) groups is 3. The normalized spacial score (nSPS) is 11.4. The van der Waals surface area contributed by atoms with Crippen molar-refractivity contribution in [3.63, 3.8) is 0 Å². The summed E-state index contributed by atoms with van der Waals surface area (Å²) < 4.78 is 10.3. The molecule has 1 aromatic carbocycles. The zero-order valence-electron chi connectivity index (χ0n) is 16.4. The highest BCUT2D eigenvalue weighted by Crippen LogP contribution is 2.10. The third-order valence-corrected chi connectivity index (χ3v) is 3.98. The van der Waals surface area contributed by atoms with Gasteiger partial charge in [0, 0.05) is 33.0 Å². The van der Waals surface area contributed by atoms with Crippen LogP contribution in [0.2, 0.25) is 0 Å².